The first-order valence-electron chi connectivity index (χ1n) is 6.44. The van der Waals surface area contributed by atoms with E-state index in [1.54, 1.807) is 6.92 Å². The number of carbonyl (C=O) groups excluding carboxylic acids is 2. The van der Waals surface area contributed by atoms with E-state index in [1.807, 2.05) is 0 Å². The standard InChI is InChI=1S/C10H10O4.C5H12O3/c1-13-9-3-8(6-12)10(14-2)4-7(9)5-11;1-5(2-6,3-7)4-8/h3-6H,1-2H3;6-8H,2-4H2,1H3. The molecule has 1 aromatic carbocycles. The third-order valence-electron chi connectivity index (χ3n) is 2.98. The van der Waals surface area contributed by atoms with Gasteiger partial charge in [-0.1, -0.05) is 6.92 Å². The lowest BCUT2D eigenvalue weighted by molar-refractivity contribution is 0.0200. The van der Waals surface area contributed by atoms with Crippen LogP contribution in [0, 0.1) is 5.41 Å². The third kappa shape index (κ3) is 5.44. The van der Waals surface area contributed by atoms with Gasteiger partial charge in [-0.15, -0.1) is 0 Å². The van der Waals surface area contributed by atoms with Gasteiger partial charge in [0.15, 0.2) is 12.6 Å². The molecule has 0 unspecified atom stereocenters. The van der Waals surface area contributed by atoms with E-state index in [1.165, 1.54) is 26.4 Å². The molecule has 0 saturated heterocycles. The van der Waals surface area contributed by atoms with Crippen LogP contribution in [0.3, 0.4) is 0 Å². The average molecular weight is 314 g/mol. The van der Waals surface area contributed by atoms with E-state index in [0.29, 0.717) is 35.2 Å². The largest absolute Gasteiger partial charge is 0.496 e. The predicted molar refractivity (Wildman–Crippen MR) is 79.7 cm³/mol. The van der Waals surface area contributed by atoms with Gasteiger partial charge in [0.25, 0.3) is 0 Å². The second-order valence-corrected chi connectivity index (χ2v) is 4.86. The molecule has 0 amide bonds. The van der Waals surface area contributed by atoms with Crippen LogP contribution in [0.5, 0.6) is 11.5 Å². The van der Waals surface area contributed by atoms with Gasteiger partial charge in [-0.3, -0.25) is 9.59 Å². The fraction of sp³-hybridized carbons (Fsp3) is 0.467. The highest BCUT2D eigenvalue weighted by atomic mass is 16.5. The lowest BCUT2D eigenvalue weighted by Crippen LogP contribution is -2.29. The van der Waals surface area contributed by atoms with E-state index >= 15 is 0 Å². The molecule has 124 valence electrons. The molecular weight excluding hydrogens is 292 g/mol. The molecule has 0 bridgehead atoms. The van der Waals surface area contributed by atoms with Crippen molar-refractivity contribution in [2.24, 2.45) is 5.41 Å². The molecule has 0 aliphatic carbocycles. The Kier molecular flexibility index (Phi) is 9.00. The Morgan fingerprint density at radius 1 is 0.909 bits per heavy atom. The maximum Gasteiger partial charge on any atom is 0.153 e. The van der Waals surface area contributed by atoms with Gasteiger partial charge in [-0.05, 0) is 12.1 Å². The molecule has 0 fully saturated rings. The second-order valence-electron chi connectivity index (χ2n) is 4.86. The van der Waals surface area contributed by atoms with Crippen LogP contribution in [-0.2, 0) is 0 Å². The molecule has 0 aliphatic rings. The molecule has 7 heteroatoms. The Morgan fingerprint density at radius 3 is 1.36 bits per heavy atom. The van der Waals surface area contributed by atoms with Gasteiger partial charge in [0.1, 0.15) is 11.5 Å². The summed E-state index contributed by atoms with van der Waals surface area (Å²) in [5, 5.41) is 25.4. The smallest absolute Gasteiger partial charge is 0.153 e. The van der Waals surface area contributed by atoms with E-state index in [2.05, 4.69) is 0 Å². The molecule has 0 spiro atoms. The number of rotatable bonds is 7. The summed E-state index contributed by atoms with van der Waals surface area (Å²) in [6.45, 7) is 1.06. The second kappa shape index (κ2) is 9.88. The zero-order chi connectivity index (χ0) is 17.2. The van der Waals surface area contributed by atoms with Gasteiger partial charge in [0.05, 0.1) is 45.2 Å². The van der Waals surface area contributed by atoms with Crippen LogP contribution in [-0.4, -0.2) is 61.9 Å². The third-order valence-corrected chi connectivity index (χ3v) is 2.98. The average Bonchev–Trinajstić information content (AvgIpc) is 2.60. The first kappa shape index (κ1) is 20.0. The van der Waals surface area contributed by atoms with E-state index in [0.717, 1.165) is 0 Å². The highest BCUT2D eigenvalue weighted by molar-refractivity contribution is 5.87. The zero-order valence-corrected chi connectivity index (χ0v) is 12.9. The minimum atomic E-state index is -0.708. The summed E-state index contributed by atoms with van der Waals surface area (Å²) in [4.78, 5) is 21.3. The fourth-order valence-electron chi connectivity index (χ4n) is 1.28. The van der Waals surface area contributed by atoms with E-state index < -0.39 is 5.41 Å². The minimum absolute atomic E-state index is 0.181. The Balaban J connectivity index is 0.000000472. The number of methoxy groups -OCH3 is 2. The topological polar surface area (TPSA) is 113 Å². The van der Waals surface area contributed by atoms with Crippen molar-refractivity contribution >= 4 is 12.6 Å². The Morgan fingerprint density at radius 2 is 1.23 bits per heavy atom. The van der Waals surface area contributed by atoms with Gasteiger partial charge in [0.2, 0.25) is 0 Å². The molecule has 0 saturated carbocycles. The number of aliphatic hydroxyl groups is 3. The van der Waals surface area contributed by atoms with Crippen molar-refractivity contribution in [1.82, 2.24) is 0 Å². The fourth-order valence-corrected chi connectivity index (χ4v) is 1.28. The molecule has 1 aromatic rings. The Labute approximate surface area is 129 Å². The van der Waals surface area contributed by atoms with Crippen LogP contribution in [0.1, 0.15) is 27.6 Å². The van der Waals surface area contributed by atoms with Crippen LogP contribution >= 0.6 is 0 Å². The van der Waals surface area contributed by atoms with Crippen LogP contribution in [0.25, 0.3) is 0 Å². The monoisotopic (exact) mass is 314 g/mol. The van der Waals surface area contributed by atoms with Crippen molar-refractivity contribution < 1.29 is 34.4 Å². The van der Waals surface area contributed by atoms with Crippen molar-refractivity contribution in [3.05, 3.63) is 23.3 Å². The van der Waals surface area contributed by atoms with Gasteiger partial charge < -0.3 is 24.8 Å². The molecular formula is C15H22O7. The summed E-state index contributed by atoms with van der Waals surface area (Å²) in [6, 6.07) is 2.94. The van der Waals surface area contributed by atoms with Gasteiger partial charge in [-0.2, -0.15) is 0 Å². The molecule has 0 atom stereocenters. The summed E-state index contributed by atoms with van der Waals surface area (Å²) >= 11 is 0. The molecule has 3 N–H and O–H groups in total. The summed E-state index contributed by atoms with van der Waals surface area (Å²) in [5.41, 5.74) is 0.00454. The van der Waals surface area contributed by atoms with Crippen molar-refractivity contribution in [1.29, 1.82) is 0 Å². The number of ether oxygens (including phenoxy) is 2. The Hall–Kier alpha value is -1.96. The zero-order valence-electron chi connectivity index (χ0n) is 12.9. The van der Waals surface area contributed by atoms with Gasteiger partial charge in [-0.25, -0.2) is 0 Å². The van der Waals surface area contributed by atoms with Gasteiger partial charge >= 0.3 is 0 Å². The van der Waals surface area contributed by atoms with Crippen molar-refractivity contribution in [2.45, 2.75) is 6.92 Å². The summed E-state index contributed by atoms with van der Waals surface area (Å²) in [5.74, 6) is 0.728. The SMILES string of the molecule is CC(CO)(CO)CO.COc1cc(C=O)c(OC)cc1C=O. The summed E-state index contributed by atoms with van der Waals surface area (Å²) in [6.07, 6.45) is 1.30. The van der Waals surface area contributed by atoms with Crippen LogP contribution < -0.4 is 9.47 Å². The highest BCUT2D eigenvalue weighted by Crippen LogP contribution is 2.26. The number of aliphatic hydroxyl groups excluding tert-OH is 3. The van der Waals surface area contributed by atoms with Crippen LogP contribution in [0.4, 0.5) is 0 Å². The molecule has 0 radical (unpaired) electrons. The number of benzene rings is 1. The van der Waals surface area contributed by atoms with Crippen molar-refractivity contribution in [3.8, 4) is 11.5 Å². The Bertz CT molecular complexity index is 437. The maximum absolute atomic E-state index is 10.6. The number of aldehydes is 2. The summed E-state index contributed by atoms with van der Waals surface area (Å²) in [7, 11) is 2.87. The molecule has 7 nitrogen and oxygen atoms in total. The number of carbonyl (C=O) groups is 2. The number of hydrogen-bond acceptors (Lipinski definition) is 7. The van der Waals surface area contributed by atoms with Crippen LogP contribution in [0.2, 0.25) is 0 Å². The lowest BCUT2D eigenvalue weighted by atomic mass is 9.95. The van der Waals surface area contributed by atoms with Crippen LogP contribution in [0.15, 0.2) is 12.1 Å². The predicted octanol–water partition coefficient (Wildman–Crippen LogP) is 0.298. The molecule has 0 aliphatic heterocycles. The van der Waals surface area contributed by atoms with E-state index in [4.69, 9.17) is 24.8 Å². The van der Waals surface area contributed by atoms with E-state index in [-0.39, 0.29) is 19.8 Å². The van der Waals surface area contributed by atoms with E-state index in [9.17, 15) is 9.59 Å². The normalized spacial score (nSPS) is 10.3. The lowest BCUT2D eigenvalue weighted by Gasteiger charge is -2.20. The first-order valence-corrected chi connectivity index (χ1v) is 6.44. The minimum Gasteiger partial charge on any atom is -0.496 e. The highest BCUT2D eigenvalue weighted by Gasteiger charge is 2.20. The van der Waals surface area contributed by atoms with Gasteiger partial charge in [0, 0.05) is 5.41 Å². The molecule has 22 heavy (non-hydrogen) atoms. The molecule has 0 aromatic heterocycles. The summed E-state index contributed by atoms with van der Waals surface area (Å²) < 4.78 is 9.87. The van der Waals surface area contributed by atoms with Crippen molar-refractivity contribution in [2.75, 3.05) is 34.0 Å². The maximum atomic E-state index is 10.6. The van der Waals surface area contributed by atoms with Crippen molar-refractivity contribution in [3.63, 3.8) is 0 Å². The molecule has 0 heterocycles. The number of hydrogen-bond donors (Lipinski definition) is 3. The quantitative estimate of drug-likeness (QED) is 0.620. The molecule has 1 rings (SSSR count). The first-order chi connectivity index (χ1) is 10.4.